The Kier molecular flexibility index (Phi) is 5.48. The lowest BCUT2D eigenvalue weighted by Gasteiger charge is -2.22. The fourth-order valence-electron chi connectivity index (χ4n) is 2.14. The lowest BCUT2D eigenvalue weighted by Crippen LogP contribution is -2.27. The molecule has 1 unspecified atom stereocenters. The molecule has 0 amide bonds. The van der Waals surface area contributed by atoms with Gasteiger partial charge in [0.25, 0.3) is 0 Å². The van der Waals surface area contributed by atoms with Gasteiger partial charge in [-0.15, -0.1) is 0 Å². The van der Waals surface area contributed by atoms with Crippen molar-refractivity contribution >= 4 is 5.69 Å². The van der Waals surface area contributed by atoms with E-state index in [4.69, 9.17) is 9.47 Å². The summed E-state index contributed by atoms with van der Waals surface area (Å²) in [4.78, 5) is 2.42. The van der Waals surface area contributed by atoms with E-state index in [1.165, 1.54) is 12.1 Å². The van der Waals surface area contributed by atoms with Crippen LogP contribution in [0.25, 0.3) is 0 Å². The maximum Gasteiger partial charge on any atom is 0.119 e. The molecule has 4 heteroatoms. The van der Waals surface area contributed by atoms with Crippen molar-refractivity contribution in [3.05, 3.63) is 24.3 Å². The molecule has 1 atom stereocenters. The summed E-state index contributed by atoms with van der Waals surface area (Å²) in [5.74, 6) is 0.903. The van der Waals surface area contributed by atoms with Crippen molar-refractivity contribution in [2.75, 3.05) is 44.8 Å². The summed E-state index contributed by atoms with van der Waals surface area (Å²) in [7, 11) is 1.70. The zero-order valence-corrected chi connectivity index (χ0v) is 11.9. The van der Waals surface area contributed by atoms with Gasteiger partial charge in [0, 0.05) is 32.4 Å². The van der Waals surface area contributed by atoms with Gasteiger partial charge in [-0.25, -0.2) is 0 Å². The van der Waals surface area contributed by atoms with E-state index < -0.39 is 0 Å². The minimum Gasteiger partial charge on any atom is -0.491 e. The normalized spacial score (nSPS) is 17.9. The molecule has 19 heavy (non-hydrogen) atoms. The van der Waals surface area contributed by atoms with Crippen molar-refractivity contribution in [3.63, 3.8) is 0 Å². The minimum atomic E-state index is 0.122. The quantitative estimate of drug-likeness (QED) is 0.880. The van der Waals surface area contributed by atoms with E-state index >= 15 is 0 Å². The third-order valence-corrected chi connectivity index (χ3v) is 3.43. The number of hydrogen-bond acceptors (Lipinski definition) is 4. The molecule has 0 bridgehead atoms. The highest BCUT2D eigenvalue weighted by Crippen LogP contribution is 2.20. The zero-order valence-electron chi connectivity index (χ0n) is 11.9. The number of methoxy groups -OCH3 is 1. The monoisotopic (exact) mass is 264 g/mol. The minimum absolute atomic E-state index is 0.122. The summed E-state index contributed by atoms with van der Waals surface area (Å²) in [6, 6.07) is 8.35. The fourth-order valence-corrected chi connectivity index (χ4v) is 2.14. The van der Waals surface area contributed by atoms with Crippen molar-refractivity contribution in [2.45, 2.75) is 19.4 Å². The van der Waals surface area contributed by atoms with Gasteiger partial charge < -0.3 is 19.7 Å². The highest BCUT2D eigenvalue weighted by molar-refractivity contribution is 5.49. The van der Waals surface area contributed by atoms with Crippen LogP contribution in [0.15, 0.2) is 24.3 Å². The van der Waals surface area contributed by atoms with Crippen LogP contribution in [0, 0.1) is 0 Å². The molecular formula is C15H24N2O2. The second-order valence-electron chi connectivity index (χ2n) is 4.94. The van der Waals surface area contributed by atoms with Crippen LogP contribution in [0.5, 0.6) is 5.75 Å². The van der Waals surface area contributed by atoms with Crippen LogP contribution in [0.3, 0.4) is 0 Å². The summed E-state index contributed by atoms with van der Waals surface area (Å²) in [5.41, 5.74) is 1.27. The molecule has 0 spiro atoms. The molecule has 1 N–H and O–H groups in total. The van der Waals surface area contributed by atoms with Gasteiger partial charge in [0.1, 0.15) is 12.4 Å². The lowest BCUT2D eigenvalue weighted by molar-refractivity contribution is 0.0717. The van der Waals surface area contributed by atoms with Crippen LogP contribution in [0.1, 0.15) is 13.3 Å². The largest absolute Gasteiger partial charge is 0.491 e. The van der Waals surface area contributed by atoms with E-state index in [9.17, 15) is 0 Å². The van der Waals surface area contributed by atoms with E-state index in [0.717, 1.165) is 31.9 Å². The highest BCUT2D eigenvalue weighted by Gasteiger charge is 2.09. The topological polar surface area (TPSA) is 33.7 Å². The SMILES string of the molecule is COC(C)COc1ccc(N2CCCNCC2)cc1. The average Bonchev–Trinajstić information content (AvgIpc) is 2.74. The smallest absolute Gasteiger partial charge is 0.119 e. The van der Waals surface area contributed by atoms with Crippen LogP contribution in [-0.4, -0.2) is 46.0 Å². The van der Waals surface area contributed by atoms with Gasteiger partial charge >= 0.3 is 0 Å². The van der Waals surface area contributed by atoms with Crippen molar-refractivity contribution < 1.29 is 9.47 Å². The molecule has 0 aromatic heterocycles. The Morgan fingerprint density at radius 1 is 1.21 bits per heavy atom. The molecule has 1 fully saturated rings. The number of benzene rings is 1. The van der Waals surface area contributed by atoms with Crippen LogP contribution in [0.2, 0.25) is 0 Å². The van der Waals surface area contributed by atoms with Gasteiger partial charge in [0.15, 0.2) is 0 Å². The van der Waals surface area contributed by atoms with Crippen molar-refractivity contribution in [1.82, 2.24) is 5.32 Å². The first-order valence-corrected chi connectivity index (χ1v) is 7.01. The van der Waals surface area contributed by atoms with E-state index in [0.29, 0.717) is 6.61 Å². The molecule has 0 saturated carbocycles. The Balaban J connectivity index is 1.89. The van der Waals surface area contributed by atoms with Gasteiger partial charge in [-0.3, -0.25) is 0 Å². The van der Waals surface area contributed by atoms with Crippen LogP contribution in [-0.2, 0) is 4.74 Å². The lowest BCUT2D eigenvalue weighted by atomic mass is 10.2. The summed E-state index contributed by atoms with van der Waals surface area (Å²) < 4.78 is 10.8. The van der Waals surface area contributed by atoms with Crippen molar-refractivity contribution in [3.8, 4) is 5.75 Å². The molecule has 1 saturated heterocycles. The van der Waals surface area contributed by atoms with E-state index in [1.807, 2.05) is 19.1 Å². The Morgan fingerprint density at radius 2 is 2.00 bits per heavy atom. The van der Waals surface area contributed by atoms with Crippen molar-refractivity contribution in [1.29, 1.82) is 0 Å². The summed E-state index contributed by atoms with van der Waals surface area (Å²) in [6.07, 6.45) is 1.32. The summed E-state index contributed by atoms with van der Waals surface area (Å²) in [6.45, 7) is 6.95. The molecule has 1 aliphatic rings. The third kappa shape index (κ3) is 4.40. The molecule has 4 nitrogen and oxygen atoms in total. The molecule has 0 aliphatic carbocycles. The second kappa shape index (κ2) is 7.36. The fraction of sp³-hybridized carbons (Fsp3) is 0.600. The van der Waals surface area contributed by atoms with E-state index in [2.05, 4.69) is 22.3 Å². The van der Waals surface area contributed by atoms with Crippen molar-refractivity contribution in [2.24, 2.45) is 0 Å². The first kappa shape index (κ1) is 14.2. The predicted molar refractivity (Wildman–Crippen MR) is 78.1 cm³/mol. The number of nitrogens with zero attached hydrogens (tertiary/aromatic N) is 1. The van der Waals surface area contributed by atoms with E-state index in [-0.39, 0.29) is 6.10 Å². The summed E-state index contributed by atoms with van der Waals surface area (Å²) >= 11 is 0. The number of nitrogens with one attached hydrogen (secondary N) is 1. The Hall–Kier alpha value is -1.26. The Morgan fingerprint density at radius 3 is 2.74 bits per heavy atom. The van der Waals surface area contributed by atoms with E-state index in [1.54, 1.807) is 7.11 Å². The van der Waals surface area contributed by atoms with Gasteiger partial charge in [-0.2, -0.15) is 0 Å². The van der Waals surface area contributed by atoms with Crippen LogP contribution in [0.4, 0.5) is 5.69 Å². The number of hydrogen-bond donors (Lipinski definition) is 1. The number of ether oxygens (including phenoxy) is 2. The first-order chi connectivity index (χ1) is 9.29. The molecule has 2 rings (SSSR count). The van der Waals surface area contributed by atoms with Gasteiger partial charge in [0.2, 0.25) is 0 Å². The Labute approximate surface area is 115 Å². The molecule has 1 aliphatic heterocycles. The predicted octanol–water partition coefficient (Wildman–Crippen LogP) is 1.90. The average molecular weight is 264 g/mol. The number of rotatable bonds is 5. The molecule has 1 aromatic carbocycles. The Bertz CT molecular complexity index is 359. The molecule has 106 valence electrons. The maximum absolute atomic E-state index is 5.67. The standard InChI is InChI=1S/C15H24N2O2/c1-13(18-2)12-19-15-6-4-14(5-7-15)17-10-3-8-16-9-11-17/h4-7,13,16H,3,8-12H2,1-2H3. The number of anilines is 1. The highest BCUT2D eigenvalue weighted by atomic mass is 16.5. The molecule has 0 radical (unpaired) electrons. The molecule has 1 aromatic rings. The van der Waals surface area contributed by atoms with Gasteiger partial charge in [-0.05, 0) is 44.2 Å². The van der Waals surface area contributed by atoms with Gasteiger partial charge in [0.05, 0.1) is 6.10 Å². The maximum atomic E-state index is 5.67. The summed E-state index contributed by atoms with van der Waals surface area (Å²) in [5, 5.41) is 3.42. The van der Waals surface area contributed by atoms with Crippen LogP contribution < -0.4 is 15.0 Å². The van der Waals surface area contributed by atoms with Gasteiger partial charge in [-0.1, -0.05) is 0 Å². The third-order valence-electron chi connectivity index (χ3n) is 3.43. The second-order valence-corrected chi connectivity index (χ2v) is 4.94. The molecular weight excluding hydrogens is 240 g/mol. The molecule has 1 heterocycles. The zero-order chi connectivity index (χ0) is 13.5. The first-order valence-electron chi connectivity index (χ1n) is 7.01. The van der Waals surface area contributed by atoms with Crippen LogP contribution >= 0.6 is 0 Å².